The molecule has 0 spiro atoms. The maximum atomic E-state index is 5.62. The number of methoxy groups -OCH3 is 1. The molecule has 0 aliphatic carbocycles. The van der Waals surface area contributed by atoms with Gasteiger partial charge in [0.15, 0.2) is 6.79 Å². The van der Waals surface area contributed by atoms with Gasteiger partial charge in [-0.25, -0.2) is 0 Å². The third-order valence-electron chi connectivity index (χ3n) is 5.09. The normalized spacial score (nSPS) is 12.9. The molecular formula is C20H32O2Si3. The summed E-state index contributed by atoms with van der Waals surface area (Å²) in [5.74, 6) is 0.882. The molecule has 2 nitrogen and oxygen atoms in total. The number of hydrogen-bond acceptors (Lipinski definition) is 2. The molecule has 2 rings (SSSR count). The Labute approximate surface area is 155 Å². The second-order valence-corrected chi connectivity index (χ2v) is 35.3. The van der Waals surface area contributed by atoms with Crippen LogP contribution < -0.4 is 15.1 Å². The molecule has 136 valence electrons. The summed E-state index contributed by atoms with van der Waals surface area (Å²) in [7, 11) is -3.09. The van der Waals surface area contributed by atoms with Crippen molar-refractivity contribution < 1.29 is 9.47 Å². The lowest BCUT2D eigenvalue weighted by atomic mass is 10.3. The van der Waals surface area contributed by atoms with Gasteiger partial charge in [-0.1, -0.05) is 92.1 Å². The smallest absolute Gasteiger partial charge is 0.188 e. The molecule has 0 unspecified atom stereocenters. The summed E-state index contributed by atoms with van der Waals surface area (Å²) in [6, 6.07) is 20.3. The predicted octanol–water partition coefficient (Wildman–Crippen LogP) is 4.07. The molecule has 0 fully saturated rings. The van der Waals surface area contributed by atoms with Crippen molar-refractivity contribution in [1.82, 2.24) is 0 Å². The van der Waals surface area contributed by atoms with Crippen LogP contribution >= 0.6 is 0 Å². The summed E-state index contributed by atoms with van der Waals surface area (Å²) in [5, 5.41) is 3.18. The van der Waals surface area contributed by atoms with Gasteiger partial charge in [-0.3, -0.25) is 0 Å². The molecule has 0 aliphatic heterocycles. The van der Waals surface area contributed by atoms with E-state index in [1.807, 2.05) is 0 Å². The molecule has 0 aromatic heterocycles. The first-order chi connectivity index (χ1) is 11.6. The highest BCUT2D eigenvalue weighted by Crippen LogP contribution is 2.29. The maximum Gasteiger partial charge on any atom is 0.188 e. The Morgan fingerprint density at radius 3 is 1.60 bits per heavy atom. The zero-order valence-corrected chi connectivity index (χ0v) is 19.7. The molecule has 0 aliphatic rings. The van der Waals surface area contributed by atoms with Gasteiger partial charge in [0.2, 0.25) is 0 Å². The average molecular weight is 389 g/mol. The van der Waals surface area contributed by atoms with E-state index in [1.54, 1.807) is 17.5 Å². The Balaban J connectivity index is 2.67. The minimum atomic E-state index is -1.81. The van der Waals surface area contributed by atoms with E-state index in [-0.39, 0.29) is 0 Å². The van der Waals surface area contributed by atoms with Gasteiger partial charge in [-0.05, 0) is 12.1 Å². The van der Waals surface area contributed by atoms with Crippen molar-refractivity contribution >= 4 is 32.7 Å². The summed E-state index contributed by atoms with van der Waals surface area (Å²) >= 11 is 0. The van der Waals surface area contributed by atoms with Gasteiger partial charge < -0.3 is 9.47 Å². The van der Waals surface area contributed by atoms with Crippen LogP contribution in [-0.2, 0) is 4.74 Å². The first kappa shape index (κ1) is 20.2. The highest BCUT2D eigenvalue weighted by molar-refractivity contribution is 7.76. The molecule has 2 aromatic rings. The summed E-state index contributed by atoms with van der Waals surface area (Å²) < 4.78 is 10.6. The lowest BCUT2D eigenvalue weighted by Gasteiger charge is -2.51. The molecule has 0 N–H and O–H groups in total. The molecule has 25 heavy (non-hydrogen) atoms. The summed E-state index contributed by atoms with van der Waals surface area (Å²) in [4.78, 5) is 0. The van der Waals surface area contributed by atoms with E-state index in [1.165, 1.54) is 0 Å². The Morgan fingerprint density at radius 2 is 1.16 bits per heavy atom. The molecule has 0 amide bonds. The van der Waals surface area contributed by atoms with Crippen LogP contribution in [0.25, 0.3) is 0 Å². The van der Waals surface area contributed by atoms with Crippen LogP contribution in [-0.4, -0.2) is 36.2 Å². The Morgan fingerprint density at radius 1 is 0.680 bits per heavy atom. The van der Waals surface area contributed by atoms with Crippen molar-refractivity contribution in [2.45, 2.75) is 39.3 Å². The topological polar surface area (TPSA) is 18.5 Å². The van der Waals surface area contributed by atoms with Crippen LogP contribution in [0.15, 0.2) is 54.6 Å². The molecule has 2 aromatic carbocycles. The lowest BCUT2D eigenvalue weighted by molar-refractivity contribution is 0.0511. The van der Waals surface area contributed by atoms with E-state index < -0.39 is 22.3 Å². The van der Waals surface area contributed by atoms with Crippen LogP contribution in [0.5, 0.6) is 5.75 Å². The monoisotopic (exact) mass is 388 g/mol. The van der Waals surface area contributed by atoms with E-state index >= 15 is 0 Å². The van der Waals surface area contributed by atoms with Crippen molar-refractivity contribution in [3.63, 3.8) is 0 Å². The SMILES string of the molecule is COCOc1ccc([Si](c2ccccc2)([Si](C)(C)C)[Si](C)(C)C)cc1. The van der Waals surface area contributed by atoms with Gasteiger partial charge in [0.1, 0.15) is 12.9 Å². The highest BCUT2D eigenvalue weighted by Gasteiger charge is 2.56. The van der Waals surface area contributed by atoms with Gasteiger partial charge in [0.05, 0.1) is 0 Å². The lowest BCUT2D eigenvalue weighted by Crippen LogP contribution is -2.84. The van der Waals surface area contributed by atoms with Crippen LogP contribution in [0, 0.1) is 0 Å². The van der Waals surface area contributed by atoms with Gasteiger partial charge in [-0.15, -0.1) is 0 Å². The number of ether oxygens (including phenoxy) is 2. The number of rotatable bonds is 7. The van der Waals surface area contributed by atoms with Crippen molar-refractivity contribution in [3.8, 4) is 5.75 Å². The van der Waals surface area contributed by atoms with Crippen LogP contribution in [0.2, 0.25) is 39.3 Å². The van der Waals surface area contributed by atoms with Gasteiger partial charge in [0.25, 0.3) is 0 Å². The van der Waals surface area contributed by atoms with E-state index in [4.69, 9.17) is 9.47 Å². The Kier molecular flexibility index (Phi) is 6.14. The van der Waals surface area contributed by atoms with Gasteiger partial charge in [-0.2, -0.15) is 0 Å². The zero-order valence-electron chi connectivity index (χ0n) is 16.7. The van der Waals surface area contributed by atoms with Crippen molar-refractivity contribution in [2.75, 3.05) is 13.9 Å². The standard InChI is InChI=1S/C20H32O2Si3/c1-21-17-22-18-13-15-20(16-14-18)25(23(2,3)4,24(5,6)7)19-11-9-8-10-12-19/h8-16H,17H2,1-7H3. The molecule has 0 saturated heterocycles. The average Bonchev–Trinajstić information content (AvgIpc) is 2.53. The quantitative estimate of drug-likeness (QED) is 0.526. The number of hydrogen-bond donors (Lipinski definition) is 0. The molecule has 0 radical (unpaired) electrons. The second kappa shape index (κ2) is 7.62. The third kappa shape index (κ3) is 3.84. The van der Waals surface area contributed by atoms with E-state index in [0.717, 1.165) is 5.75 Å². The Hall–Kier alpha value is -1.15. The highest BCUT2D eigenvalue weighted by atomic mass is 29.6. The van der Waals surface area contributed by atoms with Crippen LogP contribution in [0.4, 0.5) is 0 Å². The van der Waals surface area contributed by atoms with Crippen molar-refractivity contribution in [1.29, 1.82) is 0 Å². The molecular weight excluding hydrogens is 356 g/mol. The fraction of sp³-hybridized carbons (Fsp3) is 0.400. The minimum absolute atomic E-state index is 0.294. The third-order valence-corrected chi connectivity index (χ3v) is 42.5. The first-order valence-corrected chi connectivity index (χ1v) is 19.9. The summed E-state index contributed by atoms with van der Waals surface area (Å²) in [5.41, 5.74) is 0. The minimum Gasteiger partial charge on any atom is -0.468 e. The van der Waals surface area contributed by atoms with E-state index in [9.17, 15) is 0 Å². The fourth-order valence-corrected chi connectivity index (χ4v) is 51.4. The summed E-state index contributed by atoms with van der Waals surface area (Å²) in [6.45, 7) is 15.7. The molecule has 0 saturated carbocycles. The molecule has 0 bridgehead atoms. The van der Waals surface area contributed by atoms with Crippen molar-refractivity contribution in [2.24, 2.45) is 0 Å². The number of benzene rings is 2. The fourth-order valence-electron chi connectivity index (χ4n) is 4.64. The Bertz CT molecular complexity index is 657. The van der Waals surface area contributed by atoms with E-state index in [2.05, 4.69) is 93.9 Å². The predicted molar refractivity (Wildman–Crippen MR) is 117 cm³/mol. The van der Waals surface area contributed by atoms with Gasteiger partial charge >= 0.3 is 0 Å². The van der Waals surface area contributed by atoms with Crippen LogP contribution in [0.1, 0.15) is 0 Å². The molecule has 5 heteroatoms. The van der Waals surface area contributed by atoms with Crippen molar-refractivity contribution in [3.05, 3.63) is 54.6 Å². The van der Waals surface area contributed by atoms with Gasteiger partial charge in [0, 0.05) is 22.3 Å². The maximum absolute atomic E-state index is 5.62. The van der Waals surface area contributed by atoms with E-state index in [0.29, 0.717) is 6.79 Å². The molecule has 0 heterocycles. The largest absolute Gasteiger partial charge is 0.468 e. The summed E-state index contributed by atoms with van der Waals surface area (Å²) in [6.07, 6.45) is 0. The zero-order chi connectivity index (χ0) is 18.7. The second-order valence-electron chi connectivity index (χ2n) is 8.69. The first-order valence-electron chi connectivity index (χ1n) is 8.92. The van der Waals surface area contributed by atoms with Crippen LogP contribution in [0.3, 0.4) is 0 Å². The molecule has 0 atom stereocenters.